The molecule has 0 N–H and O–H groups in total. The minimum Gasteiger partial charge on any atom is -0.300 e. The Kier molecular flexibility index (Phi) is 2.91. The van der Waals surface area contributed by atoms with E-state index < -0.39 is 0 Å². The largest absolute Gasteiger partial charge is 0.300 e. The zero-order valence-electron chi connectivity index (χ0n) is 9.33. The third-order valence-electron chi connectivity index (χ3n) is 4.05. The average molecular weight is 195 g/mol. The van der Waals surface area contributed by atoms with Gasteiger partial charge in [0.05, 0.1) is 6.04 Å². The second-order valence-electron chi connectivity index (χ2n) is 5.19. The number of Topliss-reactive ketones (excluding diaryl/α,β-unsaturated/α-hetero) is 1. The molecule has 0 radical (unpaired) electrons. The van der Waals surface area contributed by atoms with E-state index in [1.807, 2.05) is 14.1 Å². The Balaban J connectivity index is 2.03. The molecule has 3 atom stereocenters. The molecule has 0 aromatic heterocycles. The van der Waals surface area contributed by atoms with Gasteiger partial charge in [-0.25, -0.2) is 0 Å². The fraction of sp³-hybridized carbons (Fsp3) is 0.917. The molecule has 0 aromatic rings. The molecule has 2 nitrogen and oxygen atoms in total. The van der Waals surface area contributed by atoms with E-state index in [0.717, 1.165) is 24.7 Å². The van der Waals surface area contributed by atoms with Gasteiger partial charge in [0.2, 0.25) is 0 Å². The maximum absolute atomic E-state index is 11.8. The van der Waals surface area contributed by atoms with Gasteiger partial charge in [-0.15, -0.1) is 0 Å². The third kappa shape index (κ3) is 1.85. The van der Waals surface area contributed by atoms with Crippen molar-refractivity contribution in [2.75, 3.05) is 14.1 Å². The Morgan fingerprint density at radius 3 is 2.43 bits per heavy atom. The van der Waals surface area contributed by atoms with Crippen LogP contribution in [0.4, 0.5) is 0 Å². The lowest BCUT2D eigenvalue weighted by atomic mass is 9.69. The number of carbonyl (C=O) groups excluding carboxylic acids is 1. The highest BCUT2D eigenvalue weighted by Gasteiger charge is 2.37. The zero-order chi connectivity index (χ0) is 10.1. The SMILES string of the molecule is CN(C)C1C[C@H]2CCCC[C@@H]2CC1=O. The summed E-state index contributed by atoms with van der Waals surface area (Å²) in [5.41, 5.74) is 0. The molecule has 2 heteroatoms. The first-order chi connectivity index (χ1) is 6.68. The summed E-state index contributed by atoms with van der Waals surface area (Å²) >= 11 is 0. The standard InChI is InChI=1S/C12H21NO/c1-13(2)11-7-9-5-3-4-6-10(9)8-12(11)14/h9-11H,3-8H2,1-2H3/t9-,10-,11?/m1/s1. The Hall–Kier alpha value is -0.370. The molecule has 0 spiro atoms. The molecule has 2 rings (SSSR count). The van der Waals surface area contributed by atoms with Crippen LogP contribution in [-0.2, 0) is 4.79 Å². The van der Waals surface area contributed by atoms with Gasteiger partial charge in [-0.3, -0.25) is 9.69 Å². The van der Waals surface area contributed by atoms with Gasteiger partial charge >= 0.3 is 0 Å². The molecular formula is C12H21NO. The molecule has 0 heterocycles. The van der Waals surface area contributed by atoms with E-state index in [0.29, 0.717) is 5.78 Å². The molecule has 2 aliphatic carbocycles. The predicted molar refractivity (Wildman–Crippen MR) is 57.2 cm³/mol. The number of nitrogens with zero attached hydrogens (tertiary/aromatic N) is 1. The number of ketones is 1. The number of carbonyl (C=O) groups is 1. The van der Waals surface area contributed by atoms with E-state index in [2.05, 4.69) is 4.90 Å². The minimum absolute atomic E-state index is 0.217. The summed E-state index contributed by atoms with van der Waals surface area (Å²) in [4.78, 5) is 14.0. The van der Waals surface area contributed by atoms with E-state index in [1.54, 1.807) is 0 Å². The third-order valence-corrected chi connectivity index (χ3v) is 4.05. The van der Waals surface area contributed by atoms with E-state index in [1.165, 1.54) is 25.7 Å². The second kappa shape index (κ2) is 4.01. The summed E-state index contributed by atoms with van der Waals surface area (Å²) in [6.07, 6.45) is 7.37. The number of fused-ring (bicyclic) bond motifs is 1. The molecular weight excluding hydrogens is 174 g/mol. The van der Waals surface area contributed by atoms with Gasteiger partial charge < -0.3 is 0 Å². The molecule has 0 aliphatic heterocycles. The van der Waals surface area contributed by atoms with Crippen molar-refractivity contribution in [3.05, 3.63) is 0 Å². The van der Waals surface area contributed by atoms with Crippen LogP contribution in [0.3, 0.4) is 0 Å². The van der Waals surface area contributed by atoms with Crippen LogP contribution < -0.4 is 0 Å². The summed E-state index contributed by atoms with van der Waals surface area (Å²) in [6, 6.07) is 0.217. The van der Waals surface area contributed by atoms with Crippen molar-refractivity contribution in [2.24, 2.45) is 11.8 Å². The van der Waals surface area contributed by atoms with Gasteiger partial charge in [0.25, 0.3) is 0 Å². The molecule has 2 aliphatic rings. The maximum Gasteiger partial charge on any atom is 0.150 e. The normalized spacial score (nSPS) is 38.5. The van der Waals surface area contributed by atoms with Crippen molar-refractivity contribution in [1.82, 2.24) is 4.90 Å². The average Bonchev–Trinajstić information content (AvgIpc) is 2.16. The van der Waals surface area contributed by atoms with Crippen LogP contribution in [0, 0.1) is 11.8 Å². The van der Waals surface area contributed by atoms with Crippen LogP contribution in [0.5, 0.6) is 0 Å². The molecule has 0 amide bonds. The van der Waals surface area contributed by atoms with Crippen molar-refractivity contribution < 1.29 is 4.79 Å². The minimum atomic E-state index is 0.217. The summed E-state index contributed by atoms with van der Waals surface area (Å²) in [6.45, 7) is 0. The smallest absolute Gasteiger partial charge is 0.150 e. The highest BCUT2D eigenvalue weighted by Crippen LogP contribution is 2.39. The fourth-order valence-corrected chi connectivity index (χ4v) is 3.17. The molecule has 80 valence electrons. The van der Waals surface area contributed by atoms with Gasteiger partial charge in [-0.05, 0) is 38.8 Å². The van der Waals surface area contributed by atoms with Crippen molar-refractivity contribution >= 4 is 5.78 Å². The highest BCUT2D eigenvalue weighted by molar-refractivity contribution is 5.85. The quantitative estimate of drug-likeness (QED) is 0.638. The lowest BCUT2D eigenvalue weighted by Crippen LogP contribution is -2.44. The van der Waals surface area contributed by atoms with Gasteiger partial charge in [-0.1, -0.05) is 19.3 Å². The maximum atomic E-state index is 11.8. The molecule has 2 saturated carbocycles. The fourth-order valence-electron chi connectivity index (χ4n) is 3.17. The summed E-state index contributed by atoms with van der Waals surface area (Å²) in [5.74, 6) is 2.06. The first kappa shape index (κ1) is 10.2. The molecule has 0 bridgehead atoms. The van der Waals surface area contributed by atoms with E-state index in [4.69, 9.17) is 0 Å². The Bertz CT molecular complexity index is 224. The molecule has 2 fully saturated rings. The van der Waals surface area contributed by atoms with Crippen molar-refractivity contribution in [2.45, 2.75) is 44.6 Å². The second-order valence-corrected chi connectivity index (χ2v) is 5.19. The topological polar surface area (TPSA) is 20.3 Å². The lowest BCUT2D eigenvalue weighted by Gasteiger charge is -2.40. The lowest BCUT2D eigenvalue weighted by molar-refractivity contribution is -0.129. The zero-order valence-corrected chi connectivity index (χ0v) is 9.33. The monoisotopic (exact) mass is 195 g/mol. The summed E-state index contributed by atoms with van der Waals surface area (Å²) in [7, 11) is 4.07. The van der Waals surface area contributed by atoms with E-state index >= 15 is 0 Å². The van der Waals surface area contributed by atoms with Crippen molar-refractivity contribution in [3.63, 3.8) is 0 Å². The van der Waals surface area contributed by atoms with Crippen molar-refractivity contribution in [3.8, 4) is 0 Å². The highest BCUT2D eigenvalue weighted by atomic mass is 16.1. The van der Waals surface area contributed by atoms with E-state index in [-0.39, 0.29) is 6.04 Å². The predicted octanol–water partition coefficient (Wildman–Crippen LogP) is 2.09. The Morgan fingerprint density at radius 2 is 1.79 bits per heavy atom. The number of likely N-dealkylation sites (N-methyl/N-ethyl adjacent to an activating group) is 1. The number of rotatable bonds is 1. The first-order valence-electron chi connectivity index (χ1n) is 5.87. The van der Waals surface area contributed by atoms with Gasteiger partial charge in [-0.2, -0.15) is 0 Å². The number of hydrogen-bond acceptors (Lipinski definition) is 2. The molecule has 14 heavy (non-hydrogen) atoms. The molecule has 0 saturated heterocycles. The summed E-state index contributed by atoms with van der Waals surface area (Å²) in [5, 5.41) is 0. The van der Waals surface area contributed by atoms with E-state index in [9.17, 15) is 4.79 Å². The Morgan fingerprint density at radius 1 is 1.14 bits per heavy atom. The van der Waals surface area contributed by atoms with Gasteiger partial charge in [0, 0.05) is 6.42 Å². The molecule has 1 unspecified atom stereocenters. The van der Waals surface area contributed by atoms with Gasteiger partial charge in [0.1, 0.15) is 5.78 Å². The van der Waals surface area contributed by atoms with Crippen LogP contribution >= 0.6 is 0 Å². The Labute approximate surface area is 86.7 Å². The van der Waals surface area contributed by atoms with Crippen LogP contribution in [0.2, 0.25) is 0 Å². The van der Waals surface area contributed by atoms with Crippen molar-refractivity contribution in [1.29, 1.82) is 0 Å². The number of hydrogen-bond donors (Lipinski definition) is 0. The van der Waals surface area contributed by atoms with Gasteiger partial charge in [0.15, 0.2) is 0 Å². The first-order valence-corrected chi connectivity index (χ1v) is 5.87. The van der Waals surface area contributed by atoms with Crippen LogP contribution in [-0.4, -0.2) is 30.8 Å². The summed E-state index contributed by atoms with van der Waals surface area (Å²) < 4.78 is 0. The molecule has 0 aromatic carbocycles. The van der Waals surface area contributed by atoms with Crippen LogP contribution in [0.15, 0.2) is 0 Å². The van der Waals surface area contributed by atoms with Crippen LogP contribution in [0.25, 0.3) is 0 Å². The van der Waals surface area contributed by atoms with Crippen LogP contribution in [0.1, 0.15) is 38.5 Å².